The number of nitrogens with zero attached hydrogens (tertiary/aromatic N) is 3. The van der Waals surface area contributed by atoms with E-state index < -0.39 is 17.7 Å². The summed E-state index contributed by atoms with van der Waals surface area (Å²) in [6.07, 6.45) is 1.56. The van der Waals surface area contributed by atoms with Crippen molar-refractivity contribution in [3.05, 3.63) is 47.8 Å². The van der Waals surface area contributed by atoms with Crippen LogP contribution in [-0.2, 0) is 9.53 Å². The molecule has 0 aliphatic carbocycles. The molecule has 1 atom stereocenters. The van der Waals surface area contributed by atoms with Gasteiger partial charge in [0, 0.05) is 6.04 Å². The second-order valence-electron chi connectivity index (χ2n) is 4.93. The van der Waals surface area contributed by atoms with E-state index in [0.717, 1.165) is 0 Å². The van der Waals surface area contributed by atoms with Crippen molar-refractivity contribution in [1.29, 1.82) is 0 Å². The third-order valence-electron chi connectivity index (χ3n) is 3.12. The van der Waals surface area contributed by atoms with E-state index in [-0.39, 0.29) is 12.6 Å². The minimum Gasteiger partial charge on any atom is -0.465 e. The number of aromatic nitrogens is 3. The number of esters is 1. The van der Waals surface area contributed by atoms with Gasteiger partial charge in [-0.05, 0) is 38.5 Å². The predicted molar refractivity (Wildman–Crippen MR) is 75.3 cm³/mol. The minimum atomic E-state index is -0.787. The van der Waals surface area contributed by atoms with Crippen LogP contribution in [0.25, 0.3) is 0 Å². The Morgan fingerprint density at radius 2 is 2.19 bits per heavy atom. The van der Waals surface area contributed by atoms with Gasteiger partial charge >= 0.3 is 5.97 Å². The first-order valence-corrected chi connectivity index (χ1v) is 6.86. The van der Waals surface area contributed by atoms with Crippen molar-refractivity contribution in [2.24, 2.45) is 0 Å². The highest BCUT2D eigenvalue weighted by Crippen LogP contribution is 2.26. The lowest BCUT2D eigenvalue weighted by Gasteiger charge is -2.18. The SMILES string of the molecule is CCOC(=O)C(c1cccc(F)c1)c1nncn1C(C)C. The average Bonchev–Trinajstić information content (AvgIpc) is 2.88. The highest BCUT2D eigenvalue weighted by atomic mass is 19.1. The molecule has 1 unspecified atom stereocenters. The van der Waals surface area contributed by atoms with Gasteiger partial charge < -0.3 is 9.30 Å². The molecule has 0 saturated carbocycles. The van der Waals surface area contributed by atoms with Crippen molar-refractivity contribution < 1.29 is 13.9 Å². The lowest BCUT2D eigenvalue weighted by atomic mass is 9.98. The fraction of sp³-hybridized carbons (Fsp3) is 0.400. The Labute approximate surface area is 122 Å². The summed E-state index contributed by atoms with van der Waals surface area (Å²) in [5.41, 5.74) is 0.503. The van der Waals surface area contributed by atoms with Crippen molar-refractivity contribution in [3.8, 4) is 0 Å². The van der Waals surface area contributed by atoms with Gasteiger partial charge in [0.2, 0.25) is 0 Å². The van der Waals surface area contributed by atoms with Crippen LogP contribution < -0.4 is 0 Å². The van der Waals surface area contributed by atoms with Gasteiger partial charge in [-0.3, -0.25) is 4.79 Å². The maximum atomic E-state index is 13.5. The summed E-state index contributed by atoms with van der Waals surface area (Å²) in [6.45, 7) is 5.90. The Morgan fingerprint density at radius 1 is 1.43 bits per heavy atom. The number of hydrogen-bond donors (Lipinski definition) is 0. The molecule has 5 nitrogen and oxygen atoms in total. The lowest BCUT2D eigenvalue weighted by molar-refractivity contribution is -0.144. The van der Waals surface area contributed by atoms with E-state index in [0.29, 0.717) is 11.4 Å². The second-order valence-corrected chi connectivity index (χ2v) is 4.93. The van der Waals surface area contributed by atoms with Crippen LogP contribution in [0.1, 0.15) is 44.1 Å². The van der Waals surface area contributed by atoms with Crippen LogP contribution in [0.2, 0.25) is 0 Å². The van der Waals surface area contributed by atoms with Gasteiger partial charge in [0.05, 0.1) is 6.61 Å². The average molecular weight is 291 g/mol. The second kappa shape index (κ2) is 6.47. The molecule has 1 aromatic carbocycles. The Kier molecular flexibility index (Phi) is 4.67. The molecular formula is C15H18FN3O2. The first-order valence-electron chi connectivity index (χ1n) is 6.86. The maximum absolute atomic E-state index is 13.5. The molecule has 112 valence electrons. The summed E-state index contributed by atoms with van der Waals surface area (Å²) in [7, 11) is 0. The van der Waals surface area contributed by atoms with Crippen molar-refractivity contribution in [2.75, 3.05) is 6.61 Å². The number of benzene rings is 1. The summed E-state index contributed by atoms with van der Waals surface area (Å²) in [5, 5.41) is 7.90. The Bertz CT molecular complexity index is 625. The largest absolute Gasteiger partial charge is 0.465 e. The van der Waals surface area contributed by atoms with Gasteiger partial charge in [0.15, 0.2) is 5.82 Å². The first-order chi connectivity index (χ1) is 10.0. The molecular weight excluding hydrogens is 273 g/mol. The molecule has 0 bridgehead atoms. The van der Waals surface area contributed by atoms with Gasteiger partial charge in [0.1, 0.15) is 18.1 Å². The van der Waals surface area contributed by atoms with E-state index in [4.69, 9.17) is 4.74 Å². The smallest absolute Gasteiger partial charge is 0.321 e. The summed E-state index contributed by atoms with van der Waals surface area (Å²) in [5.74, 6) is -1.20. The Hall–Kier alpha value is -2.24. The maximum Gasteiger partial charge on any atom is 0.321 e. The van der Waals surface area contributed by atoms with Crippen molar-refractivity contribution >= 4 is 5.97 Å². The van der Waals surface area contributed by atoms with Crippen LogP contribution in [-0.4, -0.2) is 27.3 Å². The highest BCUT2D eigenvalue weighted by molar-refractivity contribution is 5.81. The molecule has 0 radical (unpaired) electrons. The van der Waals surface area contributed by atoms with E-state index in [1.807, 2.05) is 13.8 Å². The number of ether oxygens (including phenoxy) is 1. The molecule has 1 aromatic heterocycles. The van der Waals surface area contributed by atoms with Crippen LogP contribution in [0.5, 0.6) is 0 Å². The molecule has 0 spiro atoms. The molecule has 0 N–H and O–H groups in total. The van der Waals surface area contributed by atoms with E-state index >= 15 is 0 Å². The van der Waals surface area contributed by atoms with Gasteiger partial charge in [-0.25, -0.2) is 4.39 Å². The van der Waals surface area contributed by atoms with Crippen LogP contribution in [0.3, 0.4) is 0 Å². The van der Waals surface area contributed by atoms with Crippen LogP contribution in [0, 0.1) is 5.82 Å². The van der Waals surface area contributed by atoms with E-state index in [2.05, 4.69) is 10.2 Å². The zero-order valence-electron chi connectivity index (χ0n) is 12.3. The van der Waals surface area contributed by atoms with Gasteiger partial charge in [-0.1, -0.05) is 12.1 Å². The van der Waals surface area contributed by atoms with Gasteiger partial charge in [-0.2, -0.15) is 0 Å². The topological polar surface area (TPSA) is 57.0 Å². The molecule has 0 fully saturated rings. The van der Waals surface area contributed by atoms with Crippen molar-refractivity contribution in [3.63, 3.8) is 0 Å². The quantitative estimate of drug-likeness (QED) is 0.795. The molecule has 6 heteroatoms. The number of rotatable bonds is 5. The normalized spacial score (nSPS) is 12.4. The first kappa shape index (κ1) is 15.2. The number of carbonyl (C=O) groups excluding carboxylic acids is 1. The third-order valence-corrected chi connectivity index (χ3v) is 3.12. The van der Waals surface area contributed by atoms with Gasteiger partial charge in [0.25, 0.3) is 0 Å². The summed E-state index contributed by atoms with van der Waals surface area (Å²) >= 11 is 0. The van der Waals surface area contributed by atoms with Gasteiger partial charge in [-0.15, -0.1) is 10.2 Å². The summed E-state index contributed by atoms with van der Waals surface area (Å²) in [6, 6.07) is 5.98. The monoisotopic (exact) mass is 291 g/mol. The van der Waals surface area contributed by atoms with E-state index in [9.17, 15) is 9.18 Å². The number of hydrogen-bond acceptors (Lipinski definition) is 4. The van der Waals surface area contributed by atoms with E-state index in [1.165, 1.54) is 12.1 Å². The highest BCUT2D eigenvalue weighted by Gasteiger charge is 2.30. The molecule has 0 amide bonds. The Morgan fingerprint density at radius 3 is 2.81 bits per heavy atom. The molecule has 1 heterocycles. The van der Waals surface area contributed by atoms with Crippen LogP contribution >= 0.6 is 0 Å². The fourth-order valence-corrected chi connectivity index (χ4v) is 2.16. The molecule has 21 heavy (non-hydrogen) atoms. The molecule has 0 aliphatic rings. The van der Waals surface area contributed by atoms with Crippen LogP contribution in [0.15, 0.2) is 30.6 Å². The Balaban J connectivity index is 2.51. The molecule has 0 saturated heterocycles. The van der Waals surface area contributed by atoms with E-state index in [1.54, 1.807) is 30.0 Å². The minimum absolute atomic E-state index is 0.0838. The molecule has 2 rings (SSSR count). The zero-order chi connectivity index (χ0) is 15.4. The third kappa shape index (κ3) is 3.26. The number of halogens is 1. The standard InChI is InChI=1S/C15H18FN3O2/c1-4-21-15(20)13(11-6-5-7-12(16)8-11)14-18-17-9-19(14)10(2)3/h5-10,13H,4H2,1-3H3. The molecule has 2 aromatic rings. The fourth-order valence-electron chi connectivity index (χ4n) is 2.16. The summed E-state index contributed by atoms with van der Waals surface area (Å²) < 4.78 is 20.4. The molecule has 0 aliphatic heterocycles. The predicted octanol–water partition coefficient (Wildman–Crippen LogP) is 2.69. The van der Waals surface area contributed by atoms with Crippen LogP contribution in [0.4, 0.5) is 4.39 Å². The lowest BCUT2D eigenvalue weighted by Crippen LogP contribution is -2.22. The summed E-state index contributed by atoms with van der Waals surface area (Å²) in [4.78, 5) is 12.3. The van der Waals surface area contributed by atoms with Crippen molar-refractivity contribution in [2.45, 2.75) is 32.7 Å². The zero-order valence-corrected chi connectivity index (χ0v) is 12.3. The number of carbonyl (C=O) groups is 1. The van der Waals surface area contributed by atoms with Crippen molar-refractivity contribution in [1.82, 2.24) is 14.8 Å².